The SMILES string of the molecule is C(=Cc1ccccc1N=Nc1ccccc1)c1ccccc1. The molecule has 2 nitrogen and oxygen atoms in total. The van der Waals surface area contributed by atoms with Gasteiger partial charge in [-0.1, -0.05) is 78.9 Å². The lowest BCUT2D eigenvalue weighted by Crippen LogP contribution is -1.74. The summed E-state index contributed by atoms with van der Waals surface area (Å²) in [6.07, 6.45) is 4.14. The van der Waals surface area contributed by atoms with Crippen molar-refractivity contribution in [2.24, 2.45) is 10.2 Å². The highest BCUT2D eigenvalue weighted by Crippen LogP contribution is 2.23. The normalized spacial score (nSPS) is 11.3. The molecule has 0 spiro atoms. The van der Waals surface area contributed by atoms with Crippen molar-refractivity contribution in [1.82, 2.24) is 0 Å². The van der Waals surface area contributed by atoms with E-state index in [1.807, 2.05) is 72.8 Å². The number of azo groups is 1. The van der Waals surface area contributed by atoms with E-state index in [1.54, 1.807) is 0 Å². The van der Waals surface area contributed by atoms with Gasteiger partial charge in [-0.3, -0.25) is 0 Å². The molecular formula is C20H16N2. The van der Waals surface area contributed by atoms with Gasteiger partial charge in [0.15, 0.2) is 0 Å². The van der Waals surface area contributed by atoms with Gasteiger partial charge in [0.2, 0.25) is 0 Å². The van der Waals surface area contributed by atoms with E-state index in [1.165, 1.54) is 0 Å². The van der Waals surface area contributed by atoms with Gasteiger partial charge in [0.05, 0.1) is 11.4 Å². The molecule has 0 atom stereocenters. The molecule has 0 radical (unpaired) electrons. The largest absolute Gasteiger partial charge is 0.151 e. The molecule has 22 heavy (non-hydrogen) atoms. The van der Waals surface area contributed by atoms with Gasteiger partial charge in [-0.15, -0.1) is 5.11 Å². The van der Waals surface area contributed by atoms with Crippen LogP contribution in [0.3, 0.4) is 0 Å². The van der Waals surface area contributed by atoms with Crippen LogP contribution in [0.25, 0.3) is 12.2 Å². The third-order valence-corrected chi connectivity index (χ3v) is 3.22. The zero-order chi connectivity index (χ0) is 15.0. The van der Waals surface area contributed by atoms with Gasteiger partial charge >= 0.3 is 0 Å². The quantitative estimate of drug-likeness (QED) is 0.398. The number of benzene rings is 3. The number of rotatable bonds is 4. The Hall–Kier alpha value is -3.00. The van der Waals surface area contributed by atoms with E-state index in [0.29, 0.717) is 0 Å². The Bertz CT molecular complexity index is 707. The fraction of sp³-hybridized carbons (Fsp3) is 0. The summed E-state index contributed by atoms with van der Waals surface area (Å²) >= 11 is 0. The Morgan fingerprint density at radius 1 is 0.545 bits per heavy atom. The van der Waals surface area contributed by atoms with Crippen molar-refractivity contribution in [2.45, 2.75) is 0 Å². The summed E-state index contributed by atoms with van der Waals surface area (Å²) in [5.74, 6) is 0. The summed E-state index contributed by atoms with van der Waals surface area (Å²) in [7, 11) is 0. The van der Waals surface area contributed by atoms with Crippen LogP contribution in [0.4, 0.5) is 11.4 Å². The second-order valence-electron chi connectivity index (χ2n) is 4.84. The van der Waals surface area contributed by atoms with Gasteiger partial charge < -0.3 is 0 Å². The molecule has 0 fully saturated rings. The third kappa shape index (κ3) is 3.76. The summed E-state index contributed by atoms with van der Waals surface area (Å²) in [4.78, 5) is 0. The van der Waals surface area contributed by atoms with E-state index in [4.69, 9.17) is 0 Å². The van der Waals surface area contributed by atoms with Crippen molar-refractivity contribution in [3.63, 3.8) is 0 Å². The lowest BCUT2D eigenvalue weighted by Gasteiger charge is -1.99. The summed E-state index contributed by atoms with van der Waals surface area (Å²) in [5, 5.41) is 8.65. The minimum Gasteiger partial charge on any atom is -0.151 e. The van der Waals surface area contributed by atoms with E-state index in [-0.39, 0.29) is 0 Å². The highest BCUT2D eigenvalue weighted by Gasteiger charge is 1.97. The first-order valence-electron chi connectivity index (χ1n) is 7.21. The second kappa shape index (κ2) is 7.14. The number of hydrogen-bond acceptors (Lipinski definition) is 2. The Labute approximate surface area is 130 Å². The predicted octanol–water partition coefficient (Wildman–Crippen LogP) is 6.27. The van der Waals surface area contributed by atoms with Crippen molar-refractivity contribution in [2.75, 3.05) is 0 Å². The molecule has 0 unspecified atom stereocenters. The molecule has 0 aliphatic heterocycles. The maximum Gasteiger partial charge on any atom is 0.0929 e. The van der Waals surface area contributed by atoms with Crippen LogP contribution in [0.15, 0.2) is 95.2 Å². The van der Waals surface area contributed by atoms with Gasteiger partial charge in [-0.05, 0) is 23.8 Å². The monoisotopic (exact) mass is 284 g/mol. The van der Waals surface area contributed by atoms with Crippen LogP contribution in [0.5, 0.6) is 0 Å². The van der Waals surface area contributed by atoms with Gasteiger partial charge in [0, 0.05) is 5.56 Å². The molecule has 0 saturated heterocycles. The lowest BCUT2D eigenvalue weighted by molar-refractivity contribution is 1.23. The zero-order valence-electron chi connectivity index (χ0n) is 12.1. The van der Waals surface area contributed by atoms with Crippen molar-refractivity contribution in [3.05, 3.63) is 96.1 Å². The van der Waals surface area contributed by atoms with Crippen LogP contribution in [0.2, 0.25) is 0 Å². The smallest absolute Gasteiger partial charge is 0.0929 e. The van der Waals surface area contributed by atoms with Crippen molar-refractivity contribution in [1.29, 1.82) is 0 Å². The van der Waals surface area contributed by atoms with Crippen molar-refractivity contribution >= 4 is 23.5 Å². The molecule has 0 bridgehead atoms. The Kier molecular flexibility index (Phi) is 4.53. The first kappa shape index (κ1) is 14.0. The zero-order valence-corrected chi connectivity index (χ0v) is 12.1. The molecule has 3 aromatic rings. The van der Waals surface area contributed by atoms with Gasteiger partial charge in [0.25, 0.3) is 0 Å². The molecule has 3 aromatic carbocycles. The molecular weight excluding hydrogens is 268 g/mol. The van der Waals surface area contributed by atoms with Gasteiger partial charge in [0.1, 0.15) is 0 Å². The molecule has 0 aromatic heterocycles. The molecule has 0 amide bonds. The Morgan fingerprint density at radius 2 is 1.18 bits per heavy atom. The fourth-order valence-electron chi connectivity index (χ4n) is 2.08. The highest BCUT2D eigenvalue weighted by molar-refractivity contribution is 5.75. The Morgan fingerprint density at radius 3 is 1.95 bits per heavy atom. The van der Waals surface area contributed by atoms with Crippen LogP contribution in [-0.2, 0) is 0 Å². The van der Waals surface area contributed by atoms with Crippen LogP contribution < -0.4 is 0 Å². The average Bonchev–Trinajstić information content (AvgIpc) is 2.61. The molecule has 0 aliphatic rings. The maximum absolute atomic E-state index is 4.36. The van der Waals surface area contributed by atoms with Crippen LogP contribution in [0, 0.1) is 0 Å². The topological polar surface area (TPSA) is 24.7 Å². The van der Waals surface area contributed by atoms with E-state index >= 15 is 0 Å². The molecule has 2 heteroatoms. The van der Waals surface area contributed by atoms with Crippen LogP contribution in [-0.4, -0.2) is 0 Å². The van der Waals surface area contributed by atoms with Crippen LogP contribution in [0.1, 0.15) is 11.1 Å². The first-order valence-corrected chi connectivity index (χ1v) is 7.21. The molecule has 106 valence electrons. The fourth-order valence-corrected chi connectivity index (χ4v) is 2.08. The van der Waals surface area contributed by atoms with Crippen molar-refractivity contribution in [3.8, 4) is 0 Å². The molecule has 0 N–H and O–H groups in total. The van der Waals surface area contributed by atoms with Crippen molar-refractivity contribution < 1.29 is 0 Å². The Balaban J connectivity index is 1.84. The lowest BCUT2D eigenvalue weighted by atomic mass is 10.1. The third-order valence-electron chi connectivity index (χ3n) is 3.22. The minimum atomic E-state index is 0.851. The minimum absolute atomic E-state index is 0.851. The number of nitrogens with zero attached hydrogens (tertiary/aromatic N) is 2. The first-order chi connectivity index (χ1) is 10.9. The maximum atomic E-state index is 4.36. The molecule has 0 saturated carbocycles. The van der Waals surface area contributed by atoms with E-state index in [0.717, 1.165) is 22.5 Å². The summed E-state index contributed by atoms with van der Waals surface area (Å²) in [6, 6.07) is 28.0. The summed E-state index contributed by atoms with van der Waals surface area (Å²) in [5.41, 5.74) is 3.92. The molecule has 3 rings (SSSR count). The molecule has 0 aliphatic carbocycles. The summed E-state index contributed by atoms with van der Waals surface area (Å²) in [6.45, 7) is 0. The van der Waals surface area contributed by atoms with E-state index in [9.17, 15) is 0 Å². The second-order valence-corrected chi connectivity index (χ2v) is 4.84. The number of hydrogen-bond donors (Lipinski definition) is 0. The standard InChI is InChI=1S/C20H16N2/c1-3-9-17(10-4-1)15-16-18-11-7-8-14-20(18)22-21-19-12-5-2-6-13-19/h1-16H. The van der Waals surface area contributed by atoms with E-state index < -0.39 is 0 Å². The van der Waals surface area contributed by atoms with Gasteiger partial charge in [-0.2, -0.15) is 5.11 Å². The van der Waals surface area contributed by atoms with E-state index in [2.05, 4.69) is 34.5 Å². The van der Waals surface area contributed by atoms with Crippen LogP contribution >= 0.6 is 0 Å². The highest BCUT2D eigenvalue weighted by atomic mass is 15.1. The molecule has 0 heterocycles. The predicted molar refractivity (Wildman–Crippen MR) is 92.4 cm³/mol. The average molecular weight is 284 g/mol. The van der Waals surface area contributed by atoms with Gasteiger partial charge in [-0.25, -0.2) is 0 Å². The summed E-state index contributed by atoms with van der Waals surface area (Å²) < 4.78 is 0.